The molecule has 2 saturated heterocycles. The van der Waals surface area contributed by atoms with Gasteiger partial charge >= 0.3 is 5.69 Å². The number of amidine groups is 1. The molecule has 15 nitrogen and oxygen atoms in total. The zero-order valence-electron chi connectivity index (χ0n) is 35.5. The number of nitrogens with zero attached hydrogens (tertiary/aromatic N) is 7. The lowest BCUT2D eigenvalue weighted by Crippen LogP contribution is -2.42. The minimum atomic E-state index is -1.64. The summed E-state index contributed by atoms with van der Waals surface area (Å²) in [5.41, 5.74) is 0.985. The lowest BCUT2D eigenvalue weighted by atomic mass is 9.80. The Balaban J connectivity index is 1.39. The predicted octanol–water partition coefficient (Wildman–Crippen LogP) is 5.98. The first-order valence-corrected chi connectivity index (χ1v) is 21.2. The highest BCUT2D eigenvalue weighted by molar-refractivity contribution is 7.47. The Morgan fingerprint density at radius 2 is 1.53 bits per heavy atom. The van der Waals surface area contributed by atoms with Crippen LogP contribution in [0.1, 0.15) is 36.3 Å². The van der Waals surface area contributed by atoms with Crippen LogP contribution in [-0.2, 0) is 28.9 Å². The van der Waals surface area contributed by atoms with Gasteiger partial charge in [-0.1, -0.05) is 54.6 Å². The third-order valence-electron chi connectivity index (χ3n) is 10.5. The Bertz CT molecular complexity index is 2040. The molecule has 2 unspecified atom stereocenters. The fourth-order valence-electron chi connectivity index (χ4n) is 7.52. The third kappa shape index (κ3) is 10.6. The molecule has 3 aromatic carbocycles. The topological polar surface area (TPSA) is 126 Å². The van der Waals surface area contributed by atoms with E-state index in [0.717, 1.165) is 35.6 Å². The zero-order chi connectivity index (χ0) is 42.6. The summed E-state index contributed by atoms with van der Waals surface area (Å²) in [4.78, 5) is 32.5. The van der Waals surface area contributed by atoms with Crippen LogP contribution in [0.15, 0.2) is 101 Å². The molecule has 2 fully saturated rings. The van der Waals surface area contributed by atoms with E-state index in [2.05, 4.69) is 19.7 Å². The van der Waals surface area contributed by atoms with Crippen LogP contribution in [0.5, 0.6) is 11.5 Å². The standard InChI is InChI=1S/C44H56N7O8P/c1-32(50-25-28-55-29-26-50)46-40-22-24-51(42(52)47-40)41-30-38(59-60(57-27-23-45-2)43(48(3)4)49(5)6)39(58-41)31-56-44(33-12-10-9-11-13-33,34-14-18-36(53-7)19-15-34)35-16-20-37(54-8)21-17-35/h9-22,24,38-39,41,43H,23,25-31H2,1,3-8H3/t38?,39-,41-,60?/m1/s1. The van der Waals surface area contributed by atoms with E-state index in [4.69, 9.17) is 39.3 Å². The number of rotatable bonds is 18. The first kappa shape index (κ1) is 44.8. The number of morpholine rings is 1. The number of aliphatic imine (C=N–C) groups is 1. The molecule has 6 rings (SSSR count). The van der Waals surface area contributed by atoms with E-state index in [1.54, 1.807) is 26.5 Å². The second-order valence-corrected chi connectivity index (χ2v) is 16.3. The fourth-order valence-corrected chi connectivity index (χ4v) is 9.33. The third-order valence-corrected chi connectivity index (χ3v) is 12.7. The van der Waals surface area contributed by atoms with Crippen LogP contribution in [0.3, 0.4) is 0 Å². The molecule has 0 saturated carbocycles. The molecule has 4 atom stereocenters. The van der Waals surface area contributed by atoms with Crippen LogP contribution >= 0.6 is 8.38 Å². The second-order valence-electron chi connectivity index (χ2n) is 14.8. The number of hydrogen-bond donors (Lipinski definition) is 0. The molecule has 3 heterocycles. The summed E-state index contributed by atoms with van der Waals surface area (Å²) in [6.07, 6.45) is -0.0430. The van der Waals surface area contributed by atoms with E-state index >= 15 is 0 Å². The van der Waals surface area contributed by atoms with Crippen LogP contribution in [0.25, 0.3) is 4.85 Å². The van der Waals surface area contributed by atoms with Crippen molar-refractivity contribution in [2.24, 2.45) is 4.99 Å². The van der Waals surface area contributed by atoms with Crippen LogP contribution in [0.2, 0.25) is 0 Å². The summed E-state index contributed by atoms with van der Waals surface area (Å²) in [7, 11) is 9.48. The van der Waals surface area contributed by atoms with Gasteiger partial charge in [0.15, 0.2) is 5.82 Å². The van der Waals surface area contributed by atoms with E-state index in [1.165, 1.54) is 4.57 Å². The highest BCUT2D eigenvalue weighted by Crippen LogP contribution is 2.50. The Morgan fingerprint density at radius 1 is 0.933 bits per heavy atom. The largest absolute Gasteiger partial charge is 0.497 e. The van der Waals surface area contributed by atoms with E-state index in [1.807, 2.05) is 124 Å². The average molecular weight is 842 g/mol. The Labute approximate surface area is 354 Å². The number of hydrogen-bond acceptors (Lipinski definition) is 12. The maximum Gasteiger partial charge on any atom is 0.351 e. The molecule has 0 radical (unpaired) electrons. The van der Waals surface area contributed by atoms with Gasteiger partial charge < -0.3 is 42.5 Å². The molecule has 0 bridgehead atoms. The van der Waals surface area contributed by atoms with Gasteiger partial charge in [0, 0.05) is 25.7 Å². The molecule has 320 valence electrons. The molecule has 1 aromatic heterocycles. The van der Waals surface area contributed by atoms with Crippen LogP contribution in [0.4, 0.5) is 5.82 Å². The van der Waals surface area contributed by atoms with Crippen molar-refractivity contribution < 1.29 is 32.7 Å². The molecular weight excluding hydrogens is 785 g/mol. The Hall–Kier alpha value is -4.75. The summed E-state index contributed by atoms with van der Waals surface area (Å²) in [5, 5.41) is 0. The van der Waals surface area contributed by atoms with Crippen molar-refractivity contribution in [1.29, 1.82) is 0 Å². The van der Waals surface area contributed by atoms with Gasteiger partial charge in [0.1, 0.15) is 47.8 Å². The minimum absolute atomic E-state index is 0.0528. The van der Waals surface area contributed by atoms with E-state index < -0.39 is 38.1 Å². The molecule has 0 spiro atoms. The molecule has 16 heteroatoms. The van der Waals surface area contributed by atoms with Crippen molar-refractivity contribution in [3.63, 3.8) is 0 Å². The van der Waals surface area contributed by atoms with Gasteiger partial charge in [-0.3, -0.25) is 14.4 Å². The minimum Gasteiger partial charge on any atom is -0.497 e. The molecule has 2 aliphatic heterocycles. The molecule has 4 aromatic rings. The lowest BCUT2D eigenvalue weighted by molar-refractivity contribution is -0.0922. The molecular formula is C44H56N7O8P. The van der Waals surface area contributed by atoms with Gasteiger partial charge in [0.05, 0.1) is 40.1 Å². The number of methoxy groups -OCH3 is 2. The zero-order valence-corrected chi connectivity index (χ0v) is 36.4. The average Bonchev–Trinajstić information content (AvgIpc) is 3.66. The smallest absolute Gasteiger partial charge is 0.351 e. The fraction of sp³-hybridized carbons (Fsp3) is 0.455. The molecule has 0 amide bonds. The van der Waals surface area contributed by atoms with E-state index in [-0.39, 0.29) is 25.7 Å². The van der Waals surface area contributed by atoms with Gasteiger partial charge in [-0.2, -0.15) is 4.98 Å². The summed E-state index contributed by atoms with van der Waals surface area (Å²) in [6.45, 7) is 12.4. The summed E-state index contributed by atoms with van der Waals surface area (Å²) < 4.78 is 45.5. The Morgan fingerprint density at radius 3 is 2.08 bits per heavy atom. The number of ether oxygens (including phenoxy) is 5. The lowest BCUT2D eigenvalue weighted by Gasteiger charge is -2.38. The van der Waals surface area contributed by atoms with Crippen molar-refractivity contribution in [3.05, 3.63) is 130 Å². The van der Waals surface area contributed by atoms with Crippen molar-refractivity contribution in [2.45, 2.75) is 43.3 Å². The maximum absolute atomic E-state index is 13.8. The summed E-state index contributed by atoms with van der Waals surface area (Å²) >= 11 is 0. The predicted molar refractivity (Wildman–Crippen MR) is 231 cm³/mol. The first-order valence-electron chi connectivity index (χ1n) is 19.9. The maximum atomic E-state index is 13.8. The second kappa shape index (κ2) is 21.2. The summed E-state index contributed by atoms with van der Waals surface area (Å²) in [5.74, 6) is 2.24. The molecule has 0 N–H and O–H groups in total. The number of benzene rings is 3. The SMILES string of the molecule is [C-]#[N+]CCOP(OC1C[C@H](n2ccc(N=C(C)N3CCOCC3)nc2=O)O[C@@H]1COC(c1ccccc1)(c1ccc(OC)cc1)c1ccc(OC)cc1)C(N(C)C)N(C)C. The van der Waals surface area contributed by atoms with Crippen LogP contribution in [-0.4, -0.2) is 137 Å². The van der Waals surface area contributed by atoms with Crippen LogP contribution in [0, 0.1) is 6.57 Å². The van der Waals surface area contributed by atoms with E-state index in [9.17, 15) is 4.79 Å². The Kier molecular flexibility index (Phi) is 15.8. The van der Waals surface area contributed by atoms with Gasteiger partial charge in [-0.05, 0) is 82.1 Å². The van der Waals surface area contributed by atoms with Gasteiger partial charge in [-0.15, -0.1) is 0 Å². The highest BCUT2D eigenvalue weighted by atomic mass is 31.2. The molecule has 2 aliphatic rings. The van der Waals surface area contributed by atoms with Crippen LogP contribution < -0.4 is 15.2 Å². The highest BCUT2D eigenvalue weighted by Gasteiger charge is 2.45. The molecule has 0 aliphatic carbocycles. The van der Waals surface area contributed by atoms with Gasteiger partial charge in [0.2, 0.25) is 14.9 Å². The molecule has 60 heavy (non-hydrogen) atoms. The van der Waals surface area contributed by atoms with Crippen molar-refractivity contribution in [3.8, 4) is 11.5 Å². The first-order chi connectivity index (χ1) is 29.1. The quantitative estimate of drug-likeness (QED) is 0.0223. The monoisotopic (exact) mass is 841 g/mol. The number of aromatic nitrogens is 2. The van der Waals surface area contributed by atoms with Gasteiger partial charge in [0.25, 0.3) is 0 Å². The van der Waals surface area contributed by atoms with Crippen molar-refractivity contribution in [2.75, 3.05) is 88.5 Å². The van der Waals surface area contributed by atoms with E-state index in [0.29, 0.717) is 37.0 Å². The van der Waals surface area contributed by atoms with Gasteiger partial charge in [-0.25, -0.2) is 16.4 Å². The summed E-state index contributed by atoms with van der Waals surface area (Å²) in [6, 6.07) is 27.4. The van der Waals surface area contributed by atoms with Crippen molar-refractivity contribution in [1.82, 2.24) is 24.3 Å². The van der Waals surface area contributed by atoms with Crippen molar-refractivity contribution >= 4 is 20.0 Å². The normalized spacial score (nSPS) is 19.2.